The highest BCUT2D eigenvalue weighted by molar-refractivity contribution is 7.92. The molecule has 0 saturated carbocycles. The Hall–Kier alpha value is -2.74. The number of hydrogen-bond donors (Lipinski definition) is 1. The lowest BCUT2D eigenvalue weighted by Gasteiger charge is -2.11. The first-order valence-corrected chi connectivity index (χ1v) is 10.1. The fraction of sp³-hybridized carbons (Fsp3) is 0.222. The average molecular weight is 375 g/mol. The minimum absolute atomic E-state index is 0.140. The van der Waals surface area contributed by atoms with Crippen LogP contribution in [0.15, 0.2) is 41.0 Å². The second-order valence-corrected chi connectivity index (χ2v) is 8.63. The van der Waals surface area contributed by atoms with Crippen LogP contribution in [-0.4, -0.2) is 38.9 Å². The Morgan fingerprint density at radius 3 is 2.65 bits per heavy atom. The molecule has 1 N–H and O–H groups in total. The van der Waals surface area contributed by atoms with Gasteiger partial charge in [0.2, 0.25) is 0 Å². The van der Waals surface area contributed by atoms with E-state index in [0.29, 0.717) is 33.6 Å². The molecule has 8 heteroatoms. The van der Waals surface area contributed by atoms with Crippen molar-refractivity contribution >= 4 is 26.3 Å². The maximum absolute atomic E-state index is 13.2. The van der Waals surface area contributed by atoms with Gasteiger partial charge in [-0.1, -0.05) is 6.07 Å². The highest BCUT2D eigenvalue weighted by Crippen LogP contribution is 2.34. The van der Waals surface area contributed by atoms with E-state index < -0.39 is 15.5 Å². The summed E-state index contributed by atoms with van der Waals surface area (Å²) < 4.78 is 34.8. The number of ether oxygens (including phenoxy) is 1. The lowest BCUT2D eigenvalue weighted by Crippen LogP contribution is -1.99. The molecule has 3 rings (SSSR count). The van der Waals surface area contributed by atoms with Crippen molar-refractivity contribution in [3.8, 4) is 11.5 Å². The van der Waals surface area contributed by atoms with Crippen LogP contribution in [0.4, 0.5) is 10.1 Å². The molecule has 0 spiro atoms. The first-order chi connectivity index (χ1) is 12.3. The summed E-state index contributed by atoms with van der Waals surface area (Å²) in [5, 5.41) is 10.6. The quantitative estimate of drug-likeness (QED) is 0.755. The lowest BCUT2D eigenvalue weighted by molar-refractivity contribution is 0.419. The van der Waals surface area contributed by atoms with E-state index in [1.165, 1.54) is 25.6 Å². The molecule has 0 radical (unpaired) electrons. The van der Waals surface area contributed by atoms with E-state index in [0.717, 1.165) is 6.07 Å². The summed E-state index contributed by atoms with van der Waals surface area (Å²) in [6.45, 7) is 0. The molecule has 136 valence electrons. The van der Waals surface area contributed by atoms with Crippen LogP contribution in [0.2, 0.25) is 0 Å². The number of methoxy groups -OCH3 is 1. The third-order valence-electron chi connectivity index (χ3n) is 3.72. The van der Waals surface area contributed by atoms with Crippen LogP contribution in [0.3, 0.4) is 0 Å². The number of phenols is 1. The highest BCUT2D eigenvalue weighted by Gasteiger charge is 2.14. The van der Waals surface area contributed by atoms with E-state index in [1.54, 1.807) is 24.6 Å². The molecule has 0 bridgehead atoms. The van der Waals surface area contributed by atoms with E-state index in [-0.39, 0.29) is 12.2 Å². The normalized spacial score (nSPS) is 11.5. The third-order valence-corrected chi connectivity index (χ3v) is 4.37. The van der Waals surface area contributed by atoms with Gasteiger partial charge < -0.3 is 9.84 Å². The van der Waals surface area contributed by atoms with Crippen molar-refractivity contribution in [1.29, 1.82) is 0 Å². The standard InChI is InChI=1S/C18H18FN3O3S/c1-25-17-9-13(22-26(2,3)24)8-15-18(17)14(20-10-21-15)6-11-4-5-12(19)7-16(11)23/h4-5,7-10,23H,6H2,1-3H3. The summed E-state index contributed by atoms with van der Waals surface area (Å²) in [4.78, 5) is 8.55. The zero-order chi connectivity index (χ0) is 18.9. The molecule has 26 heavy (non-hydrogen) atoms. The van der Waals surface area contributed by atoms with Crippen LogP contribution in [0.5, 0.6) is 11.5 Å². The Kier molecular flexibility index (Phi) is 4.78. The summed E-state index contributed by atoms with van der Waals surface area (Å²) >= 11 is 0. The molecule has 0 unspecified atom stereocenters. The zero-order valence-electron chi connectivity index (χ0n) is 14.6. The monoisotopic (exact) mass is 375 g/mol. The smallest absolute Gasteiger partial charge is 0.132 e. The topological polar surface area (TPSA) is 84.7 Å². The molecule has 3 aromatic rings. The van der Waals surface area contributed by atoms with Gasteiger partial charge in [-0.3, -0.25) is 0 Å². The minimum Gasteiger partial charge on any atom is -0.508 e. The maximum atomic E-state index is 13.2. The third kappa shape index (κ3) is 3.91. The minimum atomic E-state index is -2.33. The molecule has 0 aliphatic rings. The summed E-state index contributed by atoms with van der Waals surface area (Å²) in [7, 11) is -0.818. The van der Waals surface area contributed by atoms with Gasteiger partial charge in [-0.25, -0.2) is 18.6 Å². The first-order valence-electron chi connectivity index (χ1n) is 7.73. The predicted octanol–water partition coefficient (Wildman–Crippen LogP) is 3.43. The summed E-state index contributed by atoms with van der Waals surface area (Å²) in [5.74, 6) is -0.161. The van der Waals surface area contributed by atoms with Crippen LogP contribution in [0.25, 0.3) is 10.9 Å². The summed E-state index contributed by atoms with van der Waals surface area (Å²) in [6, 6.07) is 7.24. The number of fused-ring (bicyclic) bond motifs is 1. The maximum Gasteiger partial charge on any atom is 0.132 e. The Bertz CT molecular complexity index is 1100. The van der Waals surface area contributed by atoms with Crippen LogP contribution in [0, 0.1) is 5.82 Å². The molecule has 6 nitrogen and oxygen atoms in total. The van der Waals surface area contributed by atoms with Crippen LogP contribution in [-0.2, 0) is 16.1 Å². The highest BCUT2D eigenvalue weighted by atomic mass is 32.2. The van der Waals surface area contributed by atoms with Crippen molar-refractivity contribution in [2.45, 2.75) is 6.42 Å². The zero-order valence-corrected chi connectivity index (χ0v) is 15.4. The lowest BCUT2D eigenvalue weighted by atomic mass is 10.0. The largest absolute Gasteiger partial charge is 0.508 e. The van der Waals surface area contributed by atoms with E-state index >= 15 is 0 Å². The Balaban J connectivity index is 2.17. The van der Waals surface area contributed by atoms with Gasteiger partial charge in [-0.15, -0.1) is 0 Å². The predicted molar refractivity (Wildman–Crippen MR) is 99.0 cm³/mol. The SMILES string of the molecule is COc1cc(N=S(C)(C)=O)cc2ncnc(Cc3ccc(F)cc3O)c12. The molecule has 0 amide bonds. The first kappa shape index (κ1) is 18.1. The summed E-state index contributed by atoms with van der Waals surface area (Å²) in [6.07, 6.45) is 4.77. The average Bonchev–Trinajstić information content (AvgIpc) is 2.55. The number of halogens is 1. The molecule has 0 fully saturated rings. The van der Waals surface area contributed by atoms with Gasteiger partial charge in [-0.05, 0) is 12.1 Å². The van der Waals surface area contributed by atoms with E-state index in [2.05, 4.69) is 14.3 Å². The van der Waals surface area contributed by atoms with Gasteiger partial charge in [0.25, 0.3) is 0 Å². The van der Waals surface area contributed by atoms with Gasteiger partial charge in [0, 0.05) is 46.4 Å². The number of phenolic OH excluding ortho intramolecular Hbond substituents is 1. The van der Waals surface area contributed by atoms with Crippen molar-refractivity contribution < 1.29 is 18.4 Å². The second-order valence-electron chi connectivity index (χ2n) is 6.08. The van der Waals surface area contributed by atoms with Crippen molar-refractivity contribution in [2.75, 3.05) is 19.6 Å². The number of benzene rings is 2. The Labute approximate surface area is 150 Å². The molecule has 0 saturated heterocycles. The molecule has 0 aliphatic carbocycles. The number of aromatic nitrogens is 2. The number of rotatable bonds is 4. The van der Waals surface area contributed by atoms with E-state index in [1.807, 2.05) is 0 Å². The van der Waals surface area contributed by atoms with Crippen LogP contribution < -0.4 is 4.74 Å². The summed E-state index contributed by atoms with van der Waals surface area (Å²) in [5.41, 5.74) is 2.23. The molecular formula is C18H18FN3O3S. The van der Waals surface area contributed by atoms with Gasteiger partial charge in [0.05, 0.1) is 29.4 Å². The van der Waals surface area contributed by atoms with E-state index in [4.69, 9.17) is 4.74 Å². The van der Waals surface area contributed by atoms with Crippen molar-refractivity contribution in [3.05, 3.63) is 53.7 Å². The molecule has 0 aliphatic heterocycles. The van der Waals surface area contributed by atoms with Gasteiger partial charge in [-0.2, -0.15) is 4.36 Å². The molecule has 1 aromatic heterocycles. The van der Waals surface area contributed by atoms with Crippen LogP contribution >= 0.6 is 0 Å². The molecule has 0 atom stereocenters. The molecular weight excluding hydrogens is 357 g/mol. The number of aromatic hydroxyl groups is 1. The van der Waals surface area contributed by atoms with Gasteiger partial charge >= 0.3 is 0 Å². The van der Waals surface area contributed by atoms with Crippen molar-refractivity contribution in [2.24, 2.45) is 4.36 Å². The number of nitrogens with zero attached hydrogens (tertiary/aromatic N) is 3. The molecule has 1 heterocycles. The fourth-order valence-corrected chi connectivity index (χ4v) is 3.29. The fourth-order valence-electron chi connectivity index (χ4n) is 2.67. The van der Waals surface area contributed by atoms with Crippen LogP contribution in [0.1, 0.15) is 11.3 Å². The Morgan fingerprint density at radius 2 is 2.00 bits per heavy atom. The van der Waals surface area contributed by atoms with Crippen molar-refractivity contribution in [1.82, 2.24) is 9.97 Å². The number of hydrogen-bond acceptors (Lipinski definition) is 6. The van der Waals surface area contributed by atoms with Gasteiger partial charge in [0.1, 0.15) is 23.6 Å². The van der Waals surface area contributed by atoms with Crippen molar-refractivity contribution in [3.63, 3.8) is 0 Å². The van der Waals surface area contributed by atoms with Gasteiger partial charge in [0.15, 0.2) is 0 Å². The second kappa shape index (κ2) is 6.87. The molecule has 2 aromatic carbocycles. The van der Waals surface area contributed by atoms with E-state index in [9.17, 15) is 13.7 Å². The Morgan fingerprint density at radius 1 is 1.23 bits per heavy atom.